The monoisotopic (exact) mass is 237 g/mol. The molecule has 0 radical (unpaired) electrons. The van der Waals surface area contributed by atoms with Crippen LogP contribution in [0.5, 0.6) is 0 Å². The van der Waals surface area contributed by atoms with E-state index in [-0.39, 0.29) is 0 Å². The third kappa shape index (κ3) is 3.94. The lowest BCUT2D eigenvalue weighted by Crippen LogP contribution is -2.34. The Bertz CT molecular complexity index is 345. The fraction of sp³-hybridized carbons (Fsp3) is 0.667. The van der Waals surface area contributed by atoms with E-state index in [4.69, 9.17) is 11.5 Å². The van der Waals surface area contributed by atoms with Crippen molar-refractivity contribution in [1.82, 2.24) is 9.97 Å². The molecule has 0 saturated carbocycles. The second-order valence-corrected chi connectivity index (χ2v) is 4.44. The molecule has 0 fully saturated rings. The molecule has 0 bridgehead atoms. The molecule has 0 aliphatic rings. The molecule has 0 aromatic carbocycles. The van der Waals surface area contributed by atoms with Gasteiger partial charge >= 0.3 is 0 Å². The minimum atomic E-state index is 0.325. The summed E-state index contributed by atoms with van der Waals surface area (Å²) in [6.07, 6.45) is 0. The maximum Gasteiger partial charge on any atom is 0.133 e. The Balaban J connectivity index is 3.00. The molecule has 0 aliphatic carbocycles. The van der Waals surface area contributed by atoms with Crippen LogP contribution in [0.15, 0.2) is 6.07 Å². The van der Waals surface area contributed by atoms with Crippen LogP contribution >= 0.6 is 0 Å². The summed E-state index contributed by atoms with van der Waals surface area (Å²) in [7, 11) is 0. The predicted octanol–water partition coefficient (Wildman–Crippen LogP) is 0.632. The zero-order chi connectivity index (χ0) is 12.8. The van der Waals surface area contributed by atoms with Crippen molar-refractivity contribution in [3.8, 4) is 0 Å². The number of hydrogen-bond donors (Lipinski definition) is 2. The maximum atomic E-state index is 5.61. The highest BCUT2D eigenvalue weighted by Crippen LogP contribution is 2.16. The van der Waals surface area contributed by atoms with Crippen LogP contribution in [0.25, 0.3) is 0 Å². The Labute approximate surface area is 103 Å². The molecule has 1 heterocycles. The molecule has 1 aromatic heterocycles. The summed E-state index contributed by atoms with van der Waals surface area (Å²) >= 11 is 0. The molecule has 5 heteroatoms. The van der Waals surface area contributed by atoms with Gasteiger partial charge in [-0.05, 0) is 6.92 Å². The first-order valence-electron chi connectivity index (χ1n) is 6.09. The molecule has 17 heavy (non-hydrogen) atoms. The summed E-state index contributed by atoms with van der Waals surface area (Å²) in [6.45, 7) is 8.90. The van der Waals surface area contributed by atoms with E-state index in [0.29, 0.717) is 19.0 Å². The number of rotatable bonds is 6. The van der Waals surface area contributed by atoms with Gasteiger partial charge in [0.05, 0.1) is 0 Å². The zero-order valence-corrected chi connectivity index (χ0v) is 11.0. The molecule has 0 spiro atoms. The van der Waals surface area contributed by atoms with Crippen molar-refractivity contribution in [2.45, 2.75) is 26.7 Å². The molecular formula is C12H23N5. The van der Waals surface area contributed by atoms with Crippen LogP contribution in [0.4, 0.5) is 5.82 Å². The van der Waals surface area contributed by atoms with Crippen LogP contribution in [0.2, 0.25) is 0 Å². The van der Waals surface area contributed by atoms with Gasteiger partial charge in [0.25, 0.3) is 0 Å². The fourth-order valence-corrected chi connectivity index (χ4v) is 1.65. The predicted molar refractivity (Wildman–Crippen MR) is 71.2 cm³/mol. The Morgan fingerprint density at radius 1 is 1.18 bits per heavy atom. The summed E-state index contributed by atoms with van der Waals surface area (Å²) in [6, 6.07) is 1.98. The smallest absolute Gasteiger partial charge is 0.133 e. The van der Waals surface area contributed by atoms with Gasteiger partial charge in [-0.2, -0.15) is 0 Å². The Hall–Kier alpha value is -1.20. The minimum absolute atomic E-state index is 0.325. The van der Waals surface area contributed by atoms with Crippen molar-refractivity contribution in [2.75, 3.05) is 31.1 Å². The summed E-state index contributed by atoms with van der Waals surface area (Å²) in [5.74, 6) is 2.13. The highest BCUT2D eigenvalue weighted by molar-refractivity contribution is 5.40. The molecule has 1 aromatic rings. The quantitative estimate of drug-likeness (QED) is 0.758. The van der Waals surface area contributed by atoms with Crippen LogP contribution in [0, 0.1) is 6.92 Å². The van der Waals surface area contributed by atoms with Gasteiger partial charge in [0.1, 0.15) is 11.6 Å². The third-order valence-electron chi connectivity index (χ3n) is 2.50. The average molecular weight is 237 g/mol. The van der Waals surface area contributed by atoms with Crippen LogP contribution in [-0.4, -0.2) is 36.1 Å². The average Bonchev–Trinajstić information content (AvgIpc) is 2.28. The van der Waals surface area contributed by atoms with Gasteiger partial charge in [-0.3, -0.25) is 0 Å². The van der Waals surface area contributed by atoms with E-state index in [1.807, 2.05) is 13.0 Å². The minimum Gasteiger partial charge on any atom is -0.354 e. The van der Waals surface area contributed by atoms with Gasteiger partial charge in [-0.15, -0.1) is 0 Å². The molecule has 0 unspecified atom stereocenters. The Kier molecular flexibility index (Phi) is 5.31. The summed E-state index contributed by atoms with van der Waals surface area (Å²) in [4.78, 5) is 11.1. The molecule has 4 N–H and O–H groups in total. The number of aryl methyl sites for hydroxylation is 1. The van der Waals surface area contributed by atoms with Crippen LogP contribution in [-0.2, 0) is 0 Å². The van der Waals surface area contributed by atoms with E-state index in [2.05, 4.69) is 28.7 Å². The molecule has 0 aliphatic heterocycles. The molecule has 0 atom stereocenters. The second-order valence-electron chi connectivity index (χ2n) is 4.44. The number of hydrogen-bond acceptors (Lipinski definition) is 5. The molecule has 0 saturated heterocycles. The third-order valence-corrected chi connectivity index (χ3v) is 2.50. The maximum absolute atomic E-state index is 5.61. The molecule has 5 nitrogen and oxygen atoms in total. The van der Waals surface area contributed by atoms with Gasteiger partial charge in [0.15, 0.2) is 0 Å². The van der Waals surface area contributed by atoms with Gasteiger partial charge in [0, 0.05) is 43.9 Å². The SMILES string of the molecule is Cc1cc(N(CCN)CCN)nc(C(C)C)n1. The number of anilines is 1. The van der Waals surface area contributed by atoms with Gasteiger partial charge in [-0.25, -0.2) is 9.97 Å². The largest absolute Gasteiger partial charge is 0.354 e. The first-order chi connectivity index (χ1) is 8.08. The van der Waals surface area contributed by atoms with Gasteiger partial charge in [-0.1, -0.05) is 13.8 Å². The number of nitrogens with zero attached hydrogens (tertiary/aromatic N) is 3. The van der Waals surface area contributed by atoms with E-state index in [1.165, 1.54) is 0 Å². The normalized spacial score (nSPS) is 10.9. The molecule has 1 rings (SSSR count). The van der Waals surface area contributed by atoms with Crippen LogP contribution in [0.1, 0.15) is 31.3 Å². The van der Waals surface area contributed by atoms with E-state index in [0.717, 1.165) is 30.4 Å². The van der Waals surface area contributed by atoms with E-state index in [9.17, 15) is 0 Å². The topological polar surface area (TPSA) is 81.1 Å². The van der Waals surface area contributed by atoms with Crippen molar-refractivity contribution < 1.29 is 0 Å². The van der Waals surface area contributed by atoms with Crippen molar-refractivity contribution >= 4 is 5.82 Å². The number of aromatic nitrogens is 2. The molecule has 0 amide bonds. The Morgan fingerprint density at radius 3 is 2.24 bits per heavy atom. The lowest BCUT2D eigenvalue weighted by Gasteiger charge is -2.23. The number of nitrogens with two attached hydrogens (primary N) is 2. The lowest BCUT2D eigenvalue weighted by molar-refractivity contribution is 0.729. The summed E-state index contributed by atoms with van der Waals surface area (Å²) in [5.41, 5.74) is 12.2. The first-order valence-corrected chi connectivity index (χ1v) is 6.09. The highest BCUT2D eigenvalue weighted by atomic mass is 15.2. The van der Waals surface area contributed by atoms with Crippen LogP contribution in [0.3, 0.4) is 0 Å². The van der Waals surface area contributed by atoms with Crippen molar-refractivity contribution in [2.24, 2.45) is 11.5 Å². The second kappa shape index (κ2) is 6.51. The molecule has 96 valence electrons. The lowest BCUT2D eigenvalue weighted by atomic mass is 10.2. The van der Waals surface area contributed by atoms with E-state index >= 15 is 0 Å². The zero-order valence-electron chi connectivity index (χ0n) is 11.0. The van der Waals surface area contributed by atoms with Gasteiger partial charge in [0.2, 0.25) is 0 Å². The van der Waals surface area contributed by atoms with Crippen LogP contribution < -0.4 is 16.4 Å². The van der Waals surface area contributed by atoms with Crippen molar-refractivity contribution in [3.63, 3.8) is 0 Å². The van der Waals surface area contributed by atoms with Gasteiger partial charge < -0.3 is 16.4 Å². The Morgan fingerprint density at radius 2 is 1.76 bits per heavy atom. The van der Waals surface area contributed by atoms with E-state index < -0.39 is 0 Å². The fourth-order valence-electron chi connectivity index (χ4n) is 1.65. The standard InChI is InChI=1S/C12H23N5/c1-9(2)12-15-10(3)8-11(16-12)17(6-4-13)7-5-14/h8-9H,4-7,13-14H2,1-3H3. The van der Waals surface area contributed by atoms with Crippen molar-refractivity contribution in [3.05, 3.63) is 17.6 Å². The highest BCUT2D eigenvalue weighted by Gasteiger charge is 2.11. The van der Waals surface area contributed by atoms with Crippen molar-refractivity contribution in [1.29, 1.82) is 0 Å². The summed E-state index contributed by atoms with van der Waals surface area (Å²) < 4.78 is 0. The van der Waals surface area contributed by atoms with E-state index in [1.54, 1.807) is 0 Å². The molecular weight excluding hydrogens is 214 g/mol. The summed E-state index contributed by atoms with van der Waals surface area (Å²) in [5, 5.41) is 0. The first kappa shape index (κ1) is 13.9.